The molecule has 0 bridgehead atoms. The summed E-state index contributed by atoms with van der Waals surface area (Å²) in [6, 6.07) is 6.26. The molecule has 1 aliphatic carbocycles. The Labute approximate surface area is 155 Å². The number of halogens is 1. The van der Waals surface area contributed by atoms with E-state index in [1.54, 1.807) is 35.2 Å². The van der Waals surface area contributed by atoms with Crippen LogP contribution in [-0.4, -0.2) is 27.8 Å². The molecular weight excluding hydrogens is 357 g/mol. The molecule has 0 unspecified atom stereocenters. The molecule has 1 aromatic carbocycles. The lowest BCUT2D eigenvalue weighted by Crippen LogP contribution is -2.21. The number of carbonyl (C=O) groups is 1. The van der Waals surface area contributed by atoms with Gasteiger partial charge in [-0.1, -0.05) is 42.4 Å². The Morgan fingerprint density at radius 2 is 1.96 bits per heavy atom. The molecule has 0 amide bonds. The van der Waals surface area contributed by atoms with Gasteiger partial charge in [0.25, 0.3) is 0 Å². The van der Waals surface area contributed by atoms with E-state index < -0.39 is 0 Å². The number of Topliss-reactive ketones (excluding diaryl/α,β-unsaturated/α-hetero) is 1. The predicted octanol–water partition coefficient (Wildman–Crippen LogP) is 5.18. The van der Waals surface area contributed by atoms with Gasteiger partial charge in [-0.2, -0.15) is 0 Å². The summed E-state index contributed by atoms with van der Waals surface area (Å²) in [6.45, 7) is 0. The number of anilines is 1. The molecule has 1 aromatic heterocycles. The summed E-state index contributed by atoms with van der Waals surface area (Å²) >= 11 is 3.22. The Morgan fingerprint density at radius 3 is 2.72 bits per heavy atom. The number of hydrogen-bond donors (Lipinski definition) is 1. The first kappa shape index (κ1) is 18.3. The Balaban J connectivity index is 1.37. The lowest BCUT2D eigenvalue weighted by atomic mass is 9.96. The van der Waals surface area contributed by atoms with E-state index in [1.807, 2.05) is 0 Å². The maximum Gasteiger partial charge on any atom is 0.206 e. The number of aromatic nitrogens is 2. The standard InChI is InChI=1S/C18H22FN3OS2/c19-14-10-8-13(9-11-14)16(23)7-4-12-24-18-22-21-17(25-18)20-15-5-2-1-3-6-15/h8-11,15H,1-7,12H2,(H,20,21). The molecule has 0 spiro atoms. The zero-order valence-electron chi connectivity index (χ0n) is 14.0. The predicted molar refractivity (Wildman–Crippen MR) is 101 cm³/mol. The fraction of sp³-hybridized carbons (Fsp3) is 0.500. The third kappa shape index (κ3) is 5.78. The Kier molecular flexibility index (Phi) is 6.81. The minimum atomic E-state index is -0.319. The van der Waals surface area contributed by atoms with Gasteiger partial charge in [-0.3, -0.25) is 4.79 Å². The van der Waals surface area contributed by atoms with Crippen LogP contribution in [0, 0.1) is 5.82 Å². The molecule has 3 rings (SSSR count). The second-order valence-electron chi connectivity index (χ2n) is 6.23. The zero-order chi connectivity index (χ0) is 17.5. The van der Waals surface area contributed by atoms with Crippen LogP contribution in [0.5, 0.6) is 0 Å². The maximum atomic E-state index is 12.9. The molecule has 2 aromatic rings. The quantitative estimate of drug-likeness (QED) is 0.389. The van der Waals surface area contributed by atoms with Gasteiger partial charge in [-0.05, 0) is 43.5 Å². The highest BCUT2D eigenvalue weighted by Gasteiger charge is 2.15. The van der Waals surface area contributed by atoms with Crippen molar-refractivity contribution in [1.82, 2.24) is 10.2 Å². The number of nitrogens with zero attached hydrogens (tertiary/aromatic N) is 2. The number of nitrogens with one attached hydrogen (secondary N) is 1. The minimum absolute atomic E-state index is 0.0533. The summed E-state index contributed by atoms with van der Waals surface area (Å²) in [5, 5.41) is 12.8. The van der Waals surface area contributed by atoms with Crippen LogP contribution in [0.4, 0.5) is 9.52 Å². The molecule has 1 aliphatic rings. The van der Waals surface area contributed by atoms with Gasteiger partial charge in [0, 0.05) is 23.8 Å². The van der Waals surface area contributed by atoms with Gasteiger partial charge in [0.05, 0.1) is 0 Å². The molecule has 1 N–H and O–H groups in total. The molecule has 1 heterocycles. The van der Waals surface area contributed by atoms with Gasteiger partial charge < -0.3 is 5.32 Å². The molecule has 134 valence electrons. The van der Waals surface area contributed by atoms with Crippen LogP contribution in [0.15, 0.2) is 28.6 Å². The van der Waals surface area contributed by atoms with E-state index in [1.165, 1.54) is 44.2 Å². The first-order chi connectivity index (χ1) is 12.2. The first-order valence-corrected chi connectivity index (χ1v) is 10.5. The summed E-state index contributed by atoms with van der Waals surface area (Å²) in [4.78, 5) is 12.0. The molecule has 0 radical (unpaired) electrons. The molecule has 0 atom stereocenters. The lowest BCUT2D eigenvalue weighted by molar-refractivity contribution is 0.0982. The first-order valence-electron chi connectivity index (χ1n) is 8.72. The average Bonchev–Trinajstić information content (AvgIpc) is 3.07. The topological polar surface area (TPSA) is 54.9 Å². The fourth-order valence-electron chi connectivity index (χ4n) is 2.92. The Bertz CT molecular complexity index is 684. The van der Waals surface area contributed by atoms with Crippen LogP contribution in [-0.2, 0) is 0 Å². The zero-order valence-corrected chi connectivity index (χ0v) is 15.7. The normalized spacial score (nSPS) is 15.2. The molecule has 1 fully saturated rings. The van der Waals surface area contributed by atoms with Crippen LogP contribution in [0.25, 0.3) is 0 Å². The van der Waals surface area contributed by atoms with Crippen molar-refractivity contribution in [3.8, 4) is 0 Å². The van der Waals surface area contributed by atoms with Crippen molar-refractivity contribution in [2.75, 3.05) is 11.1 Å². The second-order valence-corrected chi connectivity index (χ2v) is 8.55. The number of benzene rings is 1. The second kappa shape index (κ2) is 9.29. The monoisotopic (exact) mass is 379 g/mol. The highest BCUT2D eigenvalue weighted by molar-refractivity contribution is 8.01. The molecule has 0 aliphatic heterocycles. The van der Waals surface area contributed by atoms with Crippen molar-refractivity contribution < 1.29 is 9.18 Å². The number of rotatable bonds is 8. The highest BCUT2D eigenvalue weighted by atomic mass is 32.2. The molecular formula is C18H22FN3OS2. The molecule has 4 nitrogen and oxygen atoms in total. The smallest absolute Gasteiger partial charge is 0.206 e. The summed E-state index contributed by atoms with van der Waals surface area (Å²) in [6.07, 6.45) is 7.59. The molecule has 25 heavy (non-hydrogen) atoms. The number of carbonyl (C=O) groups excluding carboxylic acids is 1. The maximum absolute atomic E-state index is 12.9. The van der Waals surface area contributed by atoms with Crippen LogP contribution in [0.1, 0.15) is 55.3 Å². The van der Waals surface area contributed by atoms with Crippen molar-refractivity contribution in [3.63, 3.8) is 0 Å². The van der Waals surface area contributed by atoms with E-state index in [4.69, 9.17) is 0 Å². The van der Waals surface area contributed by atoms with E-state index in [2.05, 4.69) is 15.5 Å². The van der Waals surface area contributed by atoms with E-state index in [-0.39, 0.29) is 11.6 Å². The molecule has 1 saturated carbocycles. The van der Waals surface area contributed by atoms with E-state index in [9.17, 15) is 9.18 Å². The molecule has 7 heteroatoms. The third-order valence-corrected chi connectivity index (χ3v) is 6.35. The van der Waals surface area contributed by atoms with Crippen LogP contribution < -0.4 is 5.32 Å². The Morgan fingerprint density at radius 1 is 1.20 bits per heavy atom. The largest absolute Gasteiger partial charge is 0.357 e. The highest BCUT2D eigenvalue weighted by Crippen LogP contribution is 2.28. The van der Waals surface area contributed by atoms with Gasteiger partial charge >= 0.3 is 0 Å². The van der Waals surface area contributed by atoms with Gasteiger partial charge in [0.15, 0.2) is 10.1 Å². The summed E-state index contributed by atoms with van der Waals surface area (Å²) in [5.41, 5.74) is 0.571. The van der Waals surface area contributed by atoms with Crippen LogP contribution >= 0.6 is 23.1 Å². The summed E-state index contributed by atoms with van der Waals surface area (Å²) in [5.74, 6) is 0.559. The van der Waals surface area contributed by atoms with Crippen LogP contribution in [0.3, 0.4) is 0 Å². The lowest BCUT2D eigenvalue weighted by Gasteiger charge is -2.21. The van der Waals surface area contributed by atoms with E-state index >= 15 is 0 Å². The third-order valence-electron chi connectivity index (χ3n) is 4.28. The number of thioether (sulfide) groups is 1. The van der Waals surface area contributed by atoms with Crippen molar-refractivity contribution in [1.29, 1.82) is 0 Å². The number of hydrogen-bond acceptors (Lipinski definition) is 6. The van der Waals surface area contributed by atoms with Gasteiger partial charge in [0.2, 0.25) is 5.13 Å². The van der Waals surface area contributed by atoms with Crippen molar-refractivity contribution in [2.45, 2.75) is 55.3 Å². The van der Waals surface area contributed by atoms with E-state index in [0.29, 0.717) is 18.0 Å². The van der Waals surface area contributed by atoms with Gasteiger partial charge in [0.1, 0.15) is 5.82 Å². The van der Waals surface area contributed by atoms with Crippen molar-refractivity contribution >= 4 is 34.0 Å². The fourth-order valence-corrected chi connectivity index (χ4v) is 4.76. The SMILES string of the molecule is O=C(CCCSc1nnc(NC2CCCCC2)s1)c1ccc(F)cc1. The van der Waals surface area contributed by atoms with Crippen molar-refractivity contribution in [3.05, 3.63) is 35.6 Å². The van der Waals surface area contributed by atoms with E-state index in [0.717, 1.165) is 21.6 Å². The number of ketones is 1. The van der Waals surface area contributed by atoms with Gasteiger partial charge in [-0.15, -0.1) is 10.2 Å². The van der Waals surface area contributed by atoms with Gasteiger partial charge in [-0.25, -0.2) is 4.39 Å². The summed E-state index contributed by atoms with van der Waals surface area (Å²) in [7, 11) is 0. The molecule has 0 saturated heterocycles. The van der Waals surface area contributed by atoms with Crippen LogP contribution in [0.2, 0.25) is 0 Å². The minimum Gasteiger partial charge on any atom is -0.357 e. The Hall–Kier alpha value is -1.47. The van der Waals surface area contributed by atoms with Crippen molar-refractivity contribution in [2.24, 2.45) is 0 Å². The summed E-state index contributed by atoms with van der Waals surface area (Å²) < 4.78 is 13.8. The average molecular weight is 380 g/mol.